The minimum Gasteiger partial charge on any atom is -0.480 e. The number of hydrogen-bond acceptors (Lipinski definition) is 5. The van der Waals surface area contributed by atoms with E-state index in [1.54, 1.807) is 24.3 Å². The van der Waals surface area contributed by atoms with Crippen LogP contribution in [0, 0.1) is 5.92 Å². The predicted molar refractivity (Wildman–Crippen MR) is 157 cm³/mol. The van der Waals surface area contributed by atoms with Crippen LogP contribution in [0.25, 0.3) is 0 Å². The molecule has 2 aromatic carbocycles. The number of carbonyl (C=O) groups is 5. The van der Waals surface area contributed by atoms with Crippen LogP contribution in [0.2, 0.25) is 0 Å². The molecule has 0 radical (unpaired) electrons. The molecule has 0 aromatic heterocycles. The highest BCUT2D eigenvalue weighted by Crippen LogP contribution is 2.12. The molecule has 0 spiro atoms. The van der Waals surface area contributed by atoms with Gasteiger partial charge in [0.2, 0.25) is 17.7 Å². The monoisotopic (exact) mass is 579 g/mol. The summed E-state index contributed by atoms with van der Waals surface area (Å²) < 4.78 is 0. The lowest BCUT2D eigenvalue weighted by molar-refractivity contribution is -0.139. The third kappa shape index (κ3) is 9.90. The summed E-state index contributed by atoms with van der Waals surface area (Å²) in [6.45, 7) is 4.04. The normalized spacial score (nSPS) is 21.6. The van der Waals surface area contributed by atoms with E-state index in [-0.39, 0.29) is 31.1 Å². The van der Waals surface area contributed by atoms with Crippen LogP contribution in [0.15, 0.2) is 60.7 Å². The van der Waals surface area contributed by atoms with Gasteiger partial charge in [-0.15, -0.1) is 0 Å². The Kier molecular flexibility index (Phi) is 12.3. The van der Waals surface area contributed by atoms with Crippen molar-refractivity contribution in [1.29, 1.82) is 0 Å². The zero-order valence-corrected chi connectivity index (χ0v) is 24.1. The number of rotatable bonds is 9. The van der Waals surface area contributed by atoms with E-state index in [2.05, 4.69) is 26.6 Å². The average Bonchev–Trinajstić information content (AvgIpc) is 2.99. The topological polar surface area (TPSA) is 166 Å². The molecule has 3 rings (SSSR count). The van der Waals surface area contributed by atoms with Gasteiger partial charge in [-0.2, -0.15) is 0 Å². The number of carbonyl (C=O) groups excluding carboxylic acids is 4. The van der Waals surface area contributed by atoms with Crippen LogP contribution in [-0.2, 0) is 32.0 Å². The molecule has 0 saturated carbocycles. The Bertz CT molecular complexity index is 1210. The molecule has 42 heavy (non-hydrogen) atoms. The first kappa shape index (κ1) is 32.1. The fourth-order valence-electron chi connectivity index (χ4n) is 4.76. The molecule has 226 valence electrons. The first-order valence-electron chi connectivity index (χ1n) is 14.4. The van der Waals surface area contributed by atoms with Crippen LogP contribution >= 0.6 is 0 Å². The number of aliphatic carboxylic acids is 1. The van der Waals surface area contributed by atoms with E-state index < -0.39 is 48.0 Å². The van der Waals surface area contributed by atoms with Gasteiger partial charge >= 0.3 is 12.0 Å². The maximum Gasteiger partial charge on any atom is 0.326 e. The summed E-state index contributed by atoms with van der Waals surface area (Å²) in [5, 5.41) is 23.2. The Balaban J connectivity index is 1.75. The first-order valence-corrected chi connectivity index (χ1v) is 14.4. The molecule has 2 aromatic rings. The van der Waals surface area contributed by atoms with Crippen LogP contribution in [0.5, 0.6) is 0 Å². The standard InChI is InChI=1S/C31H41N5O6/c1-3-20(2)26-29(39)33-24(18-21-12-6-4-7-13-21)27(37)32-17-11-10-16-23(28(38)36-26)34-31(42)35-25(30(40)41)19-22-14-8-5-9-15-22/h4-9,12-15,20,23-26H,3,10-11,16-19H2,1-2H3,(H,32,37)(H,33,39)(H,36,38)(H,40,41)(H2,34,35,42)/t20-,23-,24+,25+,26-/m0/s1. The summed E-state index contributed by atoms with van der Waals surface area (Å²) >= 11 is 0. The molecule has 1 saturated heterocycles. The van der Waals surface area contributed by atoms with E-state index in [0.717, 1.165) is 11.1 Å². The van der Waals surface area contributed by atoms with Crippen LogP contribution in [0.3, 0.4) is 0 Å². The van der Waals surface area contributed by atoms with Gasteiger partial charge in [0, 0.05) is 19.4 Å². The number of benzene rings is 2. The van der Waals surface area contributed by atoms with Crippen molar-refractivity contribution in [3.8, 4) is 0 Å². The molecule has 6 N–H and O–H groups in total. The van der Waals surface area contributed by atoms with Crippen molar-refractivity contribution in [3.05, 3.63) is 71.8 Å². The summed E-state index contributed by atoms with van der Waals surface area (Å²) in [5.74, 6) is -2.84. The van der Waals surface area contributed by atoms with Crippen LogP contribution in [0.4, 0.5) is 4.79 Å². The molecule has 5 amide bonds. The van der Waals surface area contributed by atoms with Gasteiger partial charge in [0.15, 0.2) is 0 Å². The highest BCUT2D eigenvalue weighted by Gasteiger charge is 2.33. The summed E-state index contributed by atoms with van der Waals surface area (Å²) in [6, 6.07) is 13.4. The largest absolute Gasteiger partial charge is 0.480 e. The Labute approximate surface area is 246 Å². The van der Waals surface area contributed by atoms with E-state index in [4.69, 9.17) is 0 Å². The van der Waals surface area contributed by atoms with E-state index in [0.29, 0.717) is 25.8 Å². The van der Waals surface area contributed by atoms with E-state index in [1.807, 2.05) is 50.2 Å². The first-order chi connectivity index (χ1) is 20.2. The predicted octanol–water partition coefficient (Wildman–Crippen LogP) is 1.91. The molecular formula is C31H41N5O6. The van der Waals surface area contributed by atoms with Crippen LogP contribution in [0.1, 0.15) is 50.7 Å². The zero-order valence-electron chi connectivity index (χ0n) is 24.1. The van der Waals surface area contributed by atoms with Crippen molar-refractivity contribution in [2.75, 3.05) is 6.54 Å². The number of carboxylic acid groups (broad SMARTS) is 1. The maximum atomic E-state index is 13.5. The summed E-state index contributed by atoms with van der Waals surface area (Å²) in [4.78, 5) is 64.7. The molecule has 0 bridgehead atoms. The van der Waals surface area contributed by atoms with Gasteiger partial charge in [0.05, 0.1) is 0 Å². The van der Waals surface area contributed by atoms with Gasteiger partial charge in [0.25, 0.3) is 0 Å². The molecule has 0 unspecified atom stereocenters. The Morgan fingerprint density at radius 3 is 2.17 bits per heavy atom. The second-order valence-corrected chi connectivity index (χ2v) is 10.7. The highest BCUT2D eigenvalue weighted by atomic mass is 16.4. The van der Waals surface area contributed by atoms with Gasteiger partial charge < -0.3 is 31.7 Å². The third-order valence-electron chi connectivity index (χ3n) is 7.44. The van der Waals surface area contributed by atoms with Crippen molar-refractivity contribution in [1.82, 2.24) is 26.6 Å². The molecule has 0 aliphatic carbocycles. The molecule has 11 nitrogen and oxygen atoms in total. The lowest BCUT2D eigenvalue weighted by Crippen LogP contribution is -2.59. The average molecular weight is 580 g/mol. The molecule has 1 aliphatic heterocycles. The Hall–Kier alpha value is -4.41. The van der Waals surface area contributed by atoms with Crippen LogP contribution in [-0.4, -0.2) is 65.5 Å². The number of hydrogen-bond donors (Lipinski definition) is 6. The second kappa shape index (κ2) is 16.1. The van der Waals surface area contributed by atoms with Gasteiger partial charge in [-0.1, -0.05) is 80.9 Å². The molecule has 1 fully saturated rings. The summed E-state index contributed by atoms with van der Waals surface area (Å²) in [6.07, 6.45) is 2.19. The fourth-order valence-corrected chi connectivity index (χ4v) is 4.76. The Morgan fingerprint density at radius 2 is 1.55 bits per heavy atom. The van der Waals surface area contributed by atoms with Crippen LogP contribution < -0.4 is 26.6 Å². The maximum absolute atomic E-state index is 13.5. The quantitative estimate of drug-likeness (QED) is 0.266. The van der Waals surface area contributed by atoms with Crippen molar-refractivity contribution in [2.24, 2.45) is 5.92 Å². The van der Waals surface area contributed by atoms with Gasteiger partial charge in [0.1, 0.15) is 24.2 Å². The zero-order chi connectivity index (χ0) is 30.5. The molecule has 1 aliphatic rings. The number of urea groups is 1. The highest BCUT2D eigenvalue weighted by molar-refractivity contribution is 5.94. The number of amides is 5. The minimum absolute atomic E-state index is 0.0700. The van der Waals surface area contributed by atoms with Crippen molar-refractivity contribution in [3.63, 3.8) is 0 Å². The fraction of sp³-hybridized carbons (Fsp3) is 0.452. The lowest BCUT2D eigenvalue weighted by Gasteiger charge is -2.28. The molecule has 1 heterocycles. The molecular weight excluding hydrogens is 538 g/mol. The van der Waals surface area contributed by atoms with Crippen molar-refractivity contribution >= 4 is 29.7 Å². The number of nitrogens with one attached hydrogen (secondary N) is 5. The minimum atomic E-state index is -1.21. The Morgan fingerprint density at radius 1 is 0.905 bits per heavy atom. The lowest BCUT2D eigenvalue weighted by atomic mass is 9.96. The summed E-state index contributed by atoms with van der Waals surface area (Å²) in [5.41, 5.74) is 1.62. The van der Waals surface area contributed by atoms with Crippen molar-refractivity contribution in [2.45, 2.75) is 76.5 Å². The van der Waals surface area contributed by atoms with Crippen molar-refractivity contribution < 1.29 is 29.1 Å². The SMILES string of the molecule is CC[C@H](C)[C@@H]1NC(=O)[C@@H](NC(=O)N[C@H](Cc2ccccc2)C(=O)O)CCCCNC(=O)[C@@H](Cc2ccccc2)NC1=O. The van der Waals surface area contributed by atoms with Gasteiger partial charge in [-0.05, 0) is 36.3 Å². The second-order valence-electron chi connectivity index (χ2n) is 10.7. The third-order valence-corrected chi connectivity index (χ3v) is 7.44. The van der Waals surface area contributed by atoms with E-state index in [9.17, 15) is 29.1 Å². The van der Waals surface area contributed by atoms with E-state index >= 15 is 0 Å². The number of carboxylic acids is 1. The smallest absolute Gasteiger partial charge is 0.326 e. The van der Waals surface area contributed by atoms with Gasteiger partial charge in [-0.25, -0.2) is 9.59 Å². The molecule has 11 heteroatoms. The van der Waals surface area contributed by atoms with Gasteiger partial charge in [-0.3, -0.25) is 14.4 Å². The molecule has 5 atom stereocenters. The van der Waals surface area contributed by atoms with E-state index in [1.165, 1.54) is 0 Å². The summed E-state index contributed by atoms with van der Waals surface area (Å²) in [7, 11) is 0.